The Morgan fingerprint density at radius 3 is 2.71 bits per heavy atom. The van der Waals surface area contributed by atoms with Crippen molar-refractivity contribution in [3.8, 4) is 11.3 Å². The summed E-state index contributed by atoms with van der Waals surface area (Å²) in [5.41, 5.74) is 1.11. The highest BCUT2D eigenvalue weighted by atomic mass is 79.9. The van der Waals surface area contributed by atoms with Gasteiger partial charge >= 0.3 is 0 Å². The number of hydrogen-bond donors (Lipinski definition) is 1. The third-order valence-corrected chi connectivity index (χ3v) is 5.21. The van der Waals surface area contributed by atoms with Crippen molar-refractivity contribution in [3.05, 3.63) is 64.7 Å². The van der Waals surface area contributed by atoms with Gasteiger partial charge in [-0.2, -0.15) is 0 Å². The van der Waals surface area contributed by atoms with Crippen LogP contribution in [0.15, 0.2) is 62.1 Å². The van der Waals surface area contributed by atoms with Gasteiger partial charge in [-0.05, 0) is 24.3 Å². The molecule has 2 aromatic heterocycles. The standard InChI is InChI=1S/C20H20BrN3O4/c21-15-5-3-14(4-6-15)19-12-16(23-28-19)20(25)22-13-17(18-2-1-9-27-18)24-7-10-26-11-8-24/h1-6,9,12,17H,7-8,10-11,13H2,(H,22,25)/t17-/m1/s1. The molecule has 3 heterocycles. The maximum atomic E-state index is 12.6. The Morgan fingerprint density at radius 2 is 2.00 bits per heavy atom. The third-order valence-electron chi connectivity index (χ3n) is 4.69. The summed E-state index contributed by atoms with van der Waals surface area (Å²) in [6, 6.07) is 13.0. The Labute approximate surface area is 170 Å². The van der Waals surface area contributed by atoms with Gasteiger partial charge in [0.25, 0.3) is 5.91 Å². The van der Waals surface area contributed by atoms with Gasteiger partial charge in [-0.3, -0.25) is 9.69 Å². The van der Waals surface area contributed by atoms with Crippen molar-refractivity contribution in [1.82, 2.24) is 15.4 Å². The van der Waals surface area contributed by atoms with Crippen molar-refractivity contribution in [1.29, 1.82) is 0 Å². The van der Waals surface area contributed by atoms with Crippen LogP contribution in [0.3, 0.4) is 0 Å². The third kappa shape index (κ3) is 4.35. The van der Waals surface area contributed by atoms with Crippen LogP contribution in [0.5, 0.6) is 0 Å². The molecule has 1 saturated heterocycles. The smallest absolute Gasteiger partial charge is 0.273 e. The molecule has 1 N–H and O–H groups in total. The number of hydrogen-bond acceptors (Lipinski definition) is 6. The summed E-state index contributed by atoms with van der Waals surface area (Å²) < 4.78 is 17.3. The Hall–Kier alpha value is -2.42. The number of nitrogens with zero attached hydrogens (tertiary/aromatic N) is 2. The number of halogens is 1. The second-order valence-corrected chi connectivity index (χ2v) is 7.39. The lowest BCUT2D eigenvalue weighted by molar-refractivity contribution is 0.0118. The van der Waals surface area contributed by atoms with Gasteiger partial charge in [0.1, 0.15) is 5.76 Å². The molecular weight excluding hydrogens is 426 g/mol. The average Bonchev–Trinajstić information content (AvgIpc) is 3.42. The Morgan fingerprint density at radius 1 is 1.21 bits per heavy atom. The van der Waals surface area contributed by atoms with Crippen LogP contribution in [0.25, 0.3) is 11.3 Å². The maximum absolute atomic E-state index is 12.6. The highest BCUT2D eigenvalue weighted by Crippen LogP contribution is 2.24. The largest absolute Gasteiger partial charge is 0.468 e. The summed E-state index contributed by atoms with van der Waals surface area (Å²) in [6.45, 7) is 3.33. The number of ether oxygens (including phenoxy) is 1. The average molecular weight is 446 g/mol. The SMILES string of the molecule is O=C(NC[C@H](c1ccco1)N1CCOCC1)c1cc(-c2ccc(Br)cc2)on1. The number of morpholine rings is 1. The molecule has 0 bridgehead atoms. The molecular formula is C20H20BrN3O4. The van der Waals surface area contributed by atoms with Crippen LogP contribution >= 0.6 is 15.9 Å². The monoisotopic (exact) mass is 445 g/mol. The molecule has 1 amide bonds. The van der Waals surface area contributed by atoms with Crippen LogP contribution in [0.4, 0.5) is 0 Å². The molecule has 1 aromatic carbocycles. The summed E-state index contributed by atoms with van der Waals surface area (Å²) in [7, 11) is 0. The van der Waals surface area contributed by atoms with Crippen molar-refractivity contribution in [2.75, 3.05) is 32.8 Å². The molecule has 0 unspecified atom stereocenters. The molecule has 0 spiro atoms. The lowest BCUT2D eigenvalue weighted by Gasteiger charge is -2.33. The van der Waals surface area contributed by atoms with Crippen LogP contribution in [0.2, 0.25) is 0 Å². The molecule has 8 heteroatoms. The molecule has 146 valence electrons. The number of carbonyl (C=O) groups is 1. The van der Waals surface area contributed by atoms with E-state index in [0.717, 1.165) is 28.9 Å². The predicted molar refractivity (Wildman–Crippen MR) is 106 cm³/mol. The van der Waals surface area contributed by atoms with Crippen molar-refractivity contribution < 1.29 is 18.5 Å². The topological polar surface area (TPSA) is 80.7 Å². The van der Waals surface area contributed by atoms with Gasteiger partial charge in [-0.1, -0.05) is 33.2 Å². The second-order valence-electron chi connectivity index (χ2n) is 6.47. The summed E-state index contributed by atoms with van der Waals surface area (Å²) in [4.78, 5) is 14.8. The highest BCUT2D eigenvalue weighted by molar-refractivity contribution is 9.10. The lowest BCUT2D eigenvalue weighted by atomic mass is 10.1. The molecule has 3 aromatic rings. The van der Waals surface area contributed by atoms with Crippen molar-refractivity contribution in [3.63, 3.8) is 0 Å². The van der Waals surface area contributed by atoms with Gasteiger partial charge in [0.2, 0.25) is 0 Å². The molecule has 1 aliphatic rings. The molecule has 1 atom stereocenters. The minimum Gasteiger partial charge on any atom is -0.468 e. The van der Waals surface area contributed by atoms with Gasteiger partial charge in [-0.15, -0.1) is 0 Å². The van der Waals surface area contributed by atoms with E-state index in [1.54, 1.807) is 12.3 Å². The number of aromatic nitrogens is 1. The Bertz CT molecular complexity index is 902. The summed E-state index contributed by atoms with van der Waals surface area (Å²) in [6.07, 6.45) is 1.65. The number of carbonyl (C=O) groups excluding carboxylic acids is 1. The first kappa shape index (κ1) is 18.9. The highest BCUT2D eigenvalue weighted by Gasteiger charge is 2.26. The van der Waals surface area contributed by atoms with Crippen molar-refractivity contribution in [2.24, 2.45) is 0 Å². The zero-order valence-electron chi connectivity index (χ0n) is 15.1. The van der Waals surface area contributed by atoms with E-state index in [4.69, 9.17) is 13.7 Å². The van der Waals surface area contributed by atoms with E-state index in [9.17, 15) is 4.79 Å². The number of rotatable bonds is 6. The first-order chi connectivity index (χ1) is 13.7. The minimum atomic E-state index is -0.281. The Balaban J connectivity index is 1.43. The molecule has 0 saturated carbocycles. The van der Waals surface area contributed by atoms with Gasteiger partial charge in [0.05, 0.1) is 25.5 Å². The van der Waals surface area contributed by atoms with E-state index in [1.165, 1.54) is 0 Å². The van der Waals surface area contributed by atoms with Gasteiger partial charge in [0, 0.05) is 35.7 Å². The van der Waals surface area contributed by atoms with Crippen LogP contribution in [-0.4, -0.2) is 48.8 Å². The van der Waals surface area contributed by atoms with Crippen molar-refractivity contribution >= 4 is 21.8 Å². The molecule has 1 fully saturated rings. The first-order valence-corrected chi connectivity index (χ1v) is 9.86. The lowest BCUT2D eigenvalue weighted by Crippen LogP contribution is -2.43. The van der Waals surface area contributed by atoms with Crippen LogP contribution in [0, 0.1) is 0 Å². The summed E-state index contributed by atoms with van der Waals surface area (Å²) in [5.74, 6) is 1.09. The van der Waals surface area contributed by atoms with E-state index in [2.05, 4.69) is 31.3 Å². The Kier molecular flexibility index (Phi) is 5.90. The van der Waals surface area contributed by atoms with Crippen LogP contribution in [-0.2, 0) is 4.74 Å². The summed E-state index contributed by atoms with van der Waals surface area (Å²) >= 11 is 3.40. The van der Waals surface area contributed by atoms with Gasteiger partial charge < -0.3 is 19.0 Å². The van der Waals surface area contributed by atoms with E-state index >= 15 is 0 Å². The molecule has 1 aliphatic heterocycles. The van der Waals surface area contributed by atoms with E-state index < -0.39 is 0 Å². The summed E-state index contributed by atoms with van der Waals surface area (Å²) in [5, 5.41) is 6.86. The quantitative estimate of drug-likeness (QED) is 0.625. The van der Waals surface area contributed by atoms with Gasteiger partial charge in [0.15, 0.2) is 11.5 Å². The van der Waals surface area contributed by atoms with E-state index in [-0.39, 0.29) is 17.6 Å². The van der Waals surface area contributed by atoms with E-state index in [1.807, 2.05) is 36.4 Å². The first-order valence-electron chi connectivity index (χ1n) is 9.07. The minimum absolute atomic E-state index is 0.0549. The molecule has 0 radical (unpaired) electrons. The number of amides is 1. The molecule has 7 nitrogen and oxygen atoms in total. The molecule has 0 aliphatic carbocycles. The normalized spacial score (nSPS) is 16.0. The molecule has 4 rings (SSSR count). The predicted octanol–water partition coefficient (Wildman–Crippen LogP) is 3.50. The van der Waals surface area contributed by atoms with Crippen LogP contribution < -0.4 is 5.32 Å². The fraction of sp³-hybridized carbons (Fsp3) is 0.300. The zero-order valence-corrected chi connectivity index (χ0v) is 16.7. The number of nitrogens with one attached hydrogen (secondary N) is 1. The maximum Gasteiger partial charge on any atom is 0.273 e. The fourth-order valence-corrected chi connectivity index (χ4v) is 3.46. The van der Waals surface area contributed by atoms with E-state index in [0.29, 0.717) is 25.5 Å². The second kappa shape index (κ2) is 8.72. The van der Waals surface area contributed by atoms with Crippen LogP contribution in [0.1, 0.15) is 22.3 Å². The number of furan rings is 1. The fourth-order valence-electron chi connectivity index (χ4n) is 3.19. The zero-order chi connectivity index (χ0) is 19.3. The molecule has 28 heavy (non-hydrogen) atoms. The van der Waals surface area contributed by atoms with Crippen molar-refractivity contribution in [2.45, 2.75) is 6.04 Å². The number of benzene rings is 1. The van der Waals surface area contributed by atoms with Gasteiger partial charge in [-0.25, -0.2) is 0 Å².